The lowest BCUT2D eigenvalue weighted by Crippen LogP contribution is -2.24. The van der Waals surface area contributed by atoms with Gasteiger partial charge in [0.25, 0.3) is 5.91 Å². The Balaban J connectivity index is 2.33. The predicted octanol–water partition coefficient (Wildman–Crippen LogP) is 1.81. The molecule has 1 amide bonds. The van der Waals surface area contributed by atoms with Crippen molar-refractivity contribution in [1.29, 1.82) is 0 Å². The van der Waals surface area contributed by atoms with E-state index in [4.69, 9.17) is 18.0 Å². The minimum Gasteiger partial charge on any atom is -0.356 e. The summed E-state index contributed by atoms with van der Waals surface area (Å²) in [6, 6.07) is 1.58. The van der Waals surface area contributed by atoms with Gasteiger partial charge in [-0.05, 0) is 12.5 Å². The third kappa shape index (κ3) is 3.15. The fourth-order valence-electron chi connectivity index (χ4n) is 0.987. The van der Waals surface area contributed by atoms with E-state index in [1.807, 2.05) is 0 Å². The van der Waals surface area contributed by atoms with Gasteiger partial charge in [-0.1, -0.05) is 11.6 Å². The van der Waals surface area contributed by atoms with E-state index in [1.54, 1.807) is 12.3 Å². The molecule has 14 heavy (non-hydrogen) atoms. The molecular formula is C10H11ClN2O. The number of hydrogen-bond donors (Lipinski definition) is 2. The second-order valence-electron chi connectivity index (χ2n) is 2.80. The number of H-pyrrole nitrogens is 1. The van der Waals surface area contributed by atoms with Crippen molar-refractivity contribution in [3.05, 3.63) is 23.0 Å². The molecule has 3 nitrogen and oxygen atoms in total. The van der Waals surface area contributed by atoms with E-state index in [0.717, 1.165) is 6.42 Å². The van der Waals surface area contributed by atoms with Crippen molar-refractivity contribution in [3.63, 3.8) is 0 Å². The minimum absolute atomic E-state index is 0.158. The van der Waals surface area contributed by atoms with Crippen LogP contribution in [0.3, 0.4) is 0 Å². The molecule has 0 saturated heterocycles. The number of carbonyl (C=O) groups is 1. The number of rotatable bonds is 4. The third-order valence-electron chi connectivity index (χ3n) is 1.68. The van der Waals surface area contributed by atoms with Crippen LogP contribution in [-0.4, -0.2) is 17.4 Å². The maximum Gasteiger partial charge on any atom is 0.267 e. The second kappa shape index (κ2) is 5.36. The first-order valence-corrected chi connectivity index (χ1v) is 4.67. The summed E-state index contributed by atoms with van der Waals surface area (Å²) in [7, 11) is 0. The number of hydrogen-bond acceptors (Lipinski definition) is 1. The molecule has 0 aliphatic rings. The van der Waals surface area contributed by atoms with Crippen LogP contribution in [0.1, 0.15) is 23.3 Å². The first-order valence-electron chi connectivity index (χ1n) is 4.29. The highest BCUT2D eigenvalue weighted by molar-refractivity contribution is 6.30. The highest BCUT2D eigenvalue weighted by Crippen LogP contribution is 2.08. The molecule has 0 radical (unpaired) electrons. The summed E-state index contributed by atoms with van der Waals surface area (Å²) in [5.74, 6) is 2.35. The topological polar surface area (TPSA) is 44.9 Å². The molecule has 1 heterocycles. The third-order valence-corrected chi connectivity index (χ3v) is 1.89. The summed E-state index contributed by atoms with van der Waals surface area (Å²) in [5, 5.41) is 3.25. The number of nitrogens with one attached hydrogen (secondary N) is 2. The Kier molecular flexibility index (Phi) is 4.09. The summed E-state index contributed by atoms with van der Waals surface area (Å²) in [5.41, 5.74) is 0.468. The van der Waals surface area contributed by atoms with Gasteiger partial charge in [0, 0.05) is 19.2 Å². The molecule has 4 heteroatoms. The molecule has 74 valence electrons. The maximum absolute atomic E-state index is 11.4. The molecule has 0 saturated carbocycles. The van der Waals surface area contributed by atoms with Crippen LogP contribution in [-0.2, 0) is 0 Å². The lowest BCUT2D eigenvalue weighted by Gasteiger charge is -2.00. The van der Waals surface area contributed by atoms with Crippen LogP contribution < -0.4 is 5.32 Å². The van der Waals surface area contributed by atoms with Gasteiger partial charge in [0.05, 0.1) is 5.02 Å². The van der Waals surface area contributed by atoms with Crippen molar-refractivity contribution in [1.82, 2.24) is 10.3 Å². The normalized spacial score (nSPS) is 9.43. The van der Waals surface area contributed by atoms with Gasteiger partial charge in [-0.2, -0.15) is 0 Å². The van der Waals surface area contributed by atoms with Crippen molar-refractivity contribution in [2.45, 2.75) is 12.8 Å². The van der Waals surface area contributed by atoms with E-state index in [9.17, 15) is 4.79 Å². The van der Waals surface area contributed by atoms with Crippen LogP contribution in [0.2, 0.25) is 5.02 Å². The summed E-state index contributed by atoms with van der Waals surface area (Å²) < 4.78 is 0. The first kappa shape index (κ1) is 10.7. The molecule has 1 aromatic heterocycles. The quantitative estimate of drug-likeness (QED) is 0.578. The van der Waals surface area contributed by atoms with E-state index in [2.05, 4.69) is 16.2 Å². The fraction of sp³-hybridized carbons (Fsp3) is 0.300. The average Bonchev–Trinajstić information content (AvgIpc) is 2.59. The molecule has 0 aliphatic carbocycles. The Morgan fingerprint density at radius 1 is 1.71 bits per heavy atom. The molecule has 2 N–H and O–H groups in total. The zero-order valence-corrected chi connectivity index (χ0v) is 8.40. The number of aromatic nitrogens is 1. The van der Waals surface area contributed by atoms with Gasteiger partial charge in [-0.3, -0.25) is 4.79 Å². The molecule has 1 rings (SSSR count). The van der Waals surface area contributed by atoms with Crippen molar-refractivity contribution in [2.75, 3.05) is 6.54 Å². The molecule has 1 aromatic rings. The smallest absolute Gasteiger partial charge is 0.267 e. The second-order valence-corrected chi connectivity index (χ2v) is 3.23. The van der Waals surface area contributed by atoms with Gasteiger partial charge in [0.15, 0.2) is 0 Å². The van der Waals surface area contributed by atoms with Crippen molar-refractivity contribution >= 4 is 17.5 Å². The number of terminal acetylenes is 1. The van der Waals surface area contributed by atoms with Crippen molar-refractivity contribution < 1.29 is 4.79 Å². The van der Waals surface area contributed by atoms with Gasteiger partial charge in [0.2, 0.25) is 0 Å². The first-order chi connectivity index (χ1) is 6.74. The van der Waals surface area contributed by atoms with Crippen LogP contribution >= 0.6 is 11.6 Å². The molecule has 0 aromatic carbocycles. The number of halogens is 1. The SMILES string of the molecule is C#CCCCNC(=O)c1cc(Cl)c[nH]1. The average molecular weight is 211 g/mol. The summed E-state index contributed by atoms with van der Waals surface area (Å²) >= 11 is 5.65. The lowest BCUT2D eigenvalue weighted by molar-refractivity contribution is 0.0949. The van der Waals surface area contributed by atoms with E-state index >= 15 is 0 Å². The molecule has 0 spiro atoms. The molecule has 0 atom stereocenters. The number of amides is 1. The van der Waals surface area contributed by atoms with Gasteiger partial charge in [0.1, 0.15) is 5.69 Å². The Morgan fingerprint density at radius 3 is 3.07 bits per heavy atom. The van der Waals surface area contributed by atoms with Gasteiger partial charge in [-0.25, -0.2) is 0 Å². The number of carbonyl (C=O) groups excluding carboxylic acids is 1. The van der Waals surface area contributed by atoms with Gasteiger partial charge in [-0.15, -0.1) is 12.3 Å². The molecule has 0 aliphatic heterocycles. The van der Waals surface area contributed by atoms with E-state index in [1.165, 1.54) is 0 Å². The van der Waals surface area contributed by atoms with Gasteiger partial charge >= 0.3 is 0 Å². The Morgan fingerprint density at radius 2 is 2.50 bits per heavy atom. The summed E-state index contributed by atoms with van der Waals surface area (Å²) in [4.78, 5) is 14.1. The van der Waals surface area contributed by atoms with E-state index in [0.29, 0.717) is 23.7 Å². The van der Waals surface area contributed by atoms with Gasteiger partial charge < -0.3 is 10.3 Å². The maximum atomic E-state index is 11.4. The Bertz CT molecular complexity index is 351. The summed E-state index contributed by atoms with van der Waals surface area (Å²) in [6.07, 6.45) is 8.10. The predicted molar refractivity (Wildman–Crippen MR) is 56.2 cm³/mol. The van der Waals surface area contributed by atoms with Crippen LogP contribution in [0, 0.1) is 12.3 Å². The Hall–Kier alpha value is -1.40. The molecule has 0 bridgehead atoms. The van der Waals surface area contributed by atoms with Crippen LogP contribution in [0.4, 0.5) is 0 Å². The van der Waals surface area contributed by atoms with Crippen LogP contribution in [0.25, 0.3) is 0 Å². The highest BCUT2D eigenvalue weighted by atomic mass is 35.5. The van der Waals surface area contributed by atoms with Crippen LogP contribution in [0.5, 0.6) is 0 Å². The molecule has 0 unspecified atom stereocenters. The number of aromatic amines is 1. The highest BCUT2D eigenvalue weighted by Gasteiger charge is 2.05. The monoisotopic (exact) mass is 210 g/mol. The van der Waals surface area contributed by atoms with Crippen LogP contribution in [0.15, 0.2) is 12.3 Å². The molecule has 0 fully saturated rings. The lowest BCUT2D eigenvalue weighted by atomic mass is 10.3. The minimum atomic E-state index is -0.158. The van der Waals surface area contributed by atoms with E-state index < -0.39 is 0 Å². The van der Waals surface area contributed by atoms with E-state index in [-0.39, 0.29) is 5.91 Å². The fourth-order valence-corrected chi connectivity index (χ4v) is 1.15. The molecular weight excluding hydrogens is 200 g/mol. The standard InChI is InChI=1S/C10H11ClN2O/c1-2-3-4-5-12-10(14)9-6-8(11)7-13-9/h1,6-7,13H,3-5H2,(H,12,14). The van der Waals surface area contributed by atoms with Crippen molar-refractivity contribution in [2.24, 2.45) is 0 Å². The zero-order valence-electron chi connectivity index (χ0n) is 7.64. The zero-order chi connectivity index (χ0) is 10.4. The Labute approximate surface area is 87.8 Å². The number of unbranched alkanes of at least 4 members (excludes halogenated alkanes) is 1. The largest absolute Gasteiger partial charge is 0.356 e. The summed E-state index contributed by atoms with van der Waals surface area (Å²) in [6.45, 7) is 0.583. The van der Waals surface area contributed by atoms with Crippen molar-refractivity contribution in [3.8, 4) is 12.3 Å².